The summed E-state index contributed by atoms with van der Waals surface area (Å²) in [7, 11) is 0. The molecule has 4 fully saturated rings. The number of piperidine rings is 1. The maximum Gasteiger partial charge on any atom is 0.283 e. The Balaban J connectivity index is 1.20. The molecule has 2 aliphatic carbocycles. The highest BCUT2D eigenvalue weighted by molar-refractivity contribution is 7.16. The van der Waals surface area contributed by atoms with Gasteiger partial charge in [-0.05, 0) is 62.3 Å². The minimum Gasteiger partial charge on any atom is -0.381 e. The first-order valence-corrected chi connectivity index (χ1v) is 15.0. The molecule has 40 heavy (non-hydrogen) atoms. The van der Waals surface area contributed by atoms with Crippen molar-refractivity contribution in [2.75, 3.05) is 13.1 Å². The Hall–Kier alpha value is -3.31. The van der Waals surface area contributed by atoms with Gasteiger partial charge in [0.2, 0.25) is 11.8 Å². The topological polar surface area (TPSA) is 141 Å². The number of aliphatic hydroxyl groups excluding tert-OH is 1. The molecule has 212 valence electrons. The summed E-state index contributed by atoms with van der Waals surface area (Å²) in [4.78, 5) is 59.5. The second-order valence-electron chi connectivity index (χ2n) is 11.7. The Labute approximate surface area is 236 Å². The fraction of sp³-hybridized carbons (Fsp3) is 0.552. The van der Waals surface area contributed by atoms with Crippen LogP contribution >= 0.6 is 11.3 Å². The summed E-state index contributed by atoms with van der Waals surface area (Å²) in [6.07, 6.45) is 6.05. The van der Waals surface area contributed by atoms with Gasteiger partial charge in [0, 0.05) is 31.2 Å². The summed E-state index contributed by atoms with van der Waals surface area (Å²) in [6, 6.07) is 8.08. The number of carbonyl (C=O) groups is 4. The van der Waals surface area contributed by atoms with Gasteiger partial charge < -0.3 is 26.0 Å². The Morgan fingerprint density at radius 3 is 2.60 bits per heavy atom. The van der Waals surface area contributed by atoms with Crippen LogP contribution in [0.2, 0.25) is 0 Å². The molecule has 2 aromatic rings. The number of likely N-dealkylation sites (tertiary alicyclic amines) is 1. The van der Waals surface area contributed by atoms with Crippen LogP contribution in [0.25, 0.3) is 10.4 Å². The zero-order valence-corrected chi connectivity index (χ0v) is 23.1. The van der Waals surface area contributed by atoms with Crippen molar-refractivity contribution in [3.8, 4) is 10.4 Å². The Bertz CT molecular complexity index is 1290. The molecule has 1 spiro atoms. The van der Waals surface area contributed by atoms with Crippen LogP contribution in [0.4, 0.5) is 0 Å². The van der Waals surface area contributed by atoms with Gasteiger partial charge in [0.25, 0.3) is 11.8 Å². The summed E-state index contributed by atoms with van der Waals surface area (Å²) in [5.41, 5.74) is 1.03. The van der Waals surface area contributed by atoms with E-state index in [1.807, 2.05) is 30.3 Å². The van der Waals surface area contributed by atoms with Gasteiger partial charge in [-0.25, -0.2) is 4.98 Å². The van der Waals surface area contributed by atoms with Crippen LogP contribution in [0, 0.1) is 11.3 Å². The predicted molar refractivity (Wildman–Crippen MR) is 148 cm³/mol. The van der Waals surface area contributed by atoms with Crippen molar-refractivity contribution in [2.24, 2.45) is 11.3 Å². The lowest BCUT2D eigenvalue weighted by molar-refractivity contribution is -0.135. The van der Waals surface area contributed by atoms with Crippen molar-refractivity contribution in [1.82, 2.24) is 25.8 Å². The number of hydrogen-bond acceptors (Lipinski definition) is 7. The maximum atomic E-state index is 13.8. The normalized spacial score (nSPS) is 24.7. The molecule has 10 nitrogen and oxygen atoms in total. The van der Waals surface area contributed by atoms with Crippen LogP contribution < -0.4 is 16.0 Å². The van der Waals surface area contributed by atoms with Crippen LogP contribution in [0.15, 0.2) is 36.5 Å². The van der Waals surface area contributed by atoms with E-state index in [1.165, 1.54) is 11.3 Å². The van der Waals surface area contributed by atoms with Crippen LogP contribution in [0.3, 0.4) is 0 Å². The minimum atomic E-state index is -1.49. The summed E-state index contributed by atoms with van der Waals surface area (Å²) < 4.78 is 0. The average molecular weight is 566 g/mol. The lowest BCUT2D eigenvalue weighted by atomic mass is 9.86. The Morgan fingerprint density at radius 2 is 1.93 bits per heavy atom. The first-order valence-electron chi connectivity index (χ1n) is 14.2. The average Bonchev–Trinajstić information content (AvgIpc) is 3.84. The summed E-state index contributed by atoms with van der Waals surface area (Å²) in [5.74, 6) is -1.78. The standard InChI is InChI=1S/C29H35N5O5S/c35-23(26(38)32-19-6-7-19)20(14-18-8-12-30-24(18)36)33-25(37)21-15-29(9-10-29)11-13-34(21)28(39)27-31-16-22(40-27)17-4-2-1-3-5-17/h1-5,16,18-21,23,35H,6-15H2,(H,30,36)(H,32,38)(H,33,37)/t18-,20-,21-,23?/m0/s1. The summed E-state index contributed by atoms with van der Waals surface area (Å²) in [5, 5.41) is 19.8. The number of carbonyl (C=O) groups excluding carboxylic acids is 4. The quantitative estimate of drug-likeness (QED) is 0.366. The summed E-state index contributed by atoms with van der Waals surface area (Å²) in [6.45, 7) is 0.971. The van der Waals surface area contributed by atoms with Crippen molar-refractivity contribution in [2.45, 2.75) is 75.6 Å². The van der Waals surface area contributed by atoms with E-state index in [9.17, 15) is 24.3 Å². The number of nitrogens with zero attached hydrogens (tertiary/aromatic N) is 2. The zero-order valence-electron chi connectivity index (χ0n) is 22.3. The molecule has 1 unspecified atom stereocenters. The second-order valence-corrected chi connectivity index (χ2v) is 12.7. The Kier molecular flexibility index (Phi) is 7.35. The number of thiazole rings is 1. The van der Waals surface area contributed by atoms with E-state index in [0.29, 0.717) is 30.9 Å². The number of aliphatic hydroxyl groups is 1. The lowest BCUT2D eigenvalue weighted by Gasteiger charge is -2.39. The van der Waals surface area contributed by atoms with Crippen molar-refractivity contribution < 1.29 is 24.3 Å². The van der Waals surface area contributed by atoms with Gasteiger partial charge in [-0.15, -0.1) is 11.3 Å². The van der Waals surface area contributed by atoms with Crippen LogP contribution in [0.5, 0.6) is 0 Å². The van der Waals surface area contributed by atoms with E-state index in [2.05, 4.69) is 20.9 Å². The van der Waals surface area contributed by atoms with Gasteiger partial charge in [-0.3, -0.25) is 19.2 Å². The number of benzene rings is 1. The fourth-order valence-corrected chi connectivity index (χ4v) is 6.77. The van der Waals surface area contributed by atoms with E-state index in [-0.39, 0.29) is 29.7 Å². The third-order valence-electron chi connectivity index (χ3n) is 8.76. The molecule has 3 heterocycles. The number of aromatic nitrogens is 1. The molecule has 0 radical (unpaired) electrons. The number of hydrogen-bond donors (Lipinski definition) is 4. The third kappa shape index (κ3) is 5.76. The van der Waals surface area contributed by atoms with E-state index in [0.717, 1.165) is 42.5 Å². The molecule has 0 bridgehead atoms. The SMILES string of the molecule is O=C(NC1CC1)C(O)[C@H](C[C@@H]1CCNC1=O)NC(=O)[C@@H]1CC2(CCN1C(=O)c1ncc(-c3ccccc3)s1)CC2. The molecule has 2 aliphatic heterocycles. The Morgan fingerprint density at radius 1 is 1.15 bits per heavy atom. The van der Waals surface area contributed by atoms with Gasteiger partial charge in [-0.2, -0.15) is 0 Å². The van der Waals surface area contributed by atoms with Crippen molar-refractivity contribution in [3.63, 3.8) is 0 Å². The van der Waals surface area contributed by atoms with Gasteiger partial charge in [0.15, 0.2) is 11.1 Å². The molecule has 6 rings (SSSR count). The molecule has 4 aliphatic rings. The number of amides is 4. The van der Waals surface area contributed by atoms with E-state index >= 15 is 0 Å². The zero-order chi connectivity index (χ0) is 27.9. The van der Waals surface area contributed by atoms with Gasteiger partial charge in [-0.1, -0.05) is 30.3 Å². The second kappa shape index (κ2) is 10.9. The molecule has 1 aromatic heterocycles. The summed E-state index contributed by atoms with van der Waals surface area (Å²) >= 11 is 1.30. The maximum absolute atomic E-state index is 13.8. The molecule has 4 amide bonds. The monoisotopic (exact) mass is 565 g/mol. The van der Waals surface area contributed by atoms with Crippen molar-refractivity contribution in [1.29, 1.82) is 0 Å². The van der Waals surface area contributed by atoms with E-state index in [4.69, 9.17) is 0 Å². The third-order valence-corrected chi connectivity index (χ3v) is 9.79. The fourth-order valence-electron chi connectivity index (χ4n) is 5.89. The molecule has 1 aromatic carbocycles. The minimum absolute atomic E-state index is 0.0496. The highest BCUT2D eigenvalue weighted by atomic mass is 32.1. The van der Waals surface area contributed by atoms with E-state index in [1.54, 1.807) is 11.1 Å². The predicted octanol–water partition coefficient (Wildman–Crippen LogP) is 1.85. The number of nitrogens with one attached hydrogen (secondary N) is 3. The highest BCUT2D eigenvalue weighted by Gasteiger charge is 2.51. The molecule has 2 saturated heterocycles. The van der Waals surface area contributed by atoms with Crippen molar-refractivity contribution >= 4 is 35.0 Å². The first-order chi connectivity index (χ1) is 19.3. The molecular weight excluding hydrogens is 530 g/mol. The lowest BCUT2D eigenvalue weighted by Crippen LogP contribution is -2.59. The van der Waals surface area contributed by atoms with E-state index < -0.39 is 35.9 Å². The van der Waals surface area contributed by atoms with Gasteiger partial charge in [0.05, 0.1) is 10.9 Å². The smallest absolute Gasteiger partial charge is 0.283 e. The largest absolute Gasteiger partial charge is 0.381 e. The van der Waals surface area contributed by atoms with Crippen molar-refractivity contribution in [3.05, 3.63) is 41.5 Å². The number of rotatable bonds is 9. The van der Waals surface area contributed by atoms with Gasteiger partial charge >= 0.3 is 0 Å². The van der Waals surface area contributed by atoms with Crippen LogP contribution in [-0.4, -0.2) is 75.9 Å². The molecular formula is C29H35N5O5S. The molecule has 4 N–H and O–H groups in total. The van der Waals surface area contributed by atoms with Crippen LogP contribution in [0.1, 0.15) is 61.2 Å². The van der Waals surface area contributed by atoms with Gasteiger partial charge in [0.1, 0.15) is 6.04 Å². The first kappa shape index (κ1) is 26.9. The van der Waals surface area contributed by atoms with Crippen LogP contribution in [-0.2, 0) is 14.4 Å². The molecule has 2 saturated carbocycles. The highest BCUT2D eigenvalue weighted by Crippen LogP contribution is 2.55. The molecule has 11 heteroatoms. The molecule has 4 atom stereocenters.